The highest BCUT2D eigenvalue weighted by Gasteiger charge is 2.27. The van der Waals surface area contributed by atoms with Crippen molar-refractivity contribution in [2.45, 2.75) is 142 Å². The molecule has 0 saturated carbocycles. The Balaban J connectivity index is 4.54. The van der Waals surface area contributed by atoms with Gasteiger partial charge in [0.1, 0.15) is 19.8 Å². The van der Waals surface area contributed by atoms with Crippen LogP contribution in [0.2, 0.25) is 0 Å². The SMILES string of the molecule is CC/C=C\C/C=C\C/C=C\C/C=C\CCCCC(=O)O[C@H](COC(=O)CCCCCCC/C=C\CCCCC)COP(=O)(O)OCC[N+](C)(C)C. The van der Waals surface area contributed by atoms with Gasteiger partial charge in [-0.2, -0.15) is 0 Å². The van der Waals surface area contributed by atoms with Crippen LogP contribution < -0.4 is 0 Å². The molecule has 0 radical (unpaired) electrons. The molecule has 0 aromatic heterocycles. The Morgan fingerprint density at radius 3 is 1.73 bits per heavy atom. The van der Waals surface area contributed by atoms with Gasteiger partial charge < -0.3 is 18.9 Å². The largest absolute Gasteiger partial charge is 0.472 e. The Morgan fingerprint density at radius 2 is 1.12 bits per heavy atom. The second kappa shape index (κ2) is 33.5. The first-order chi connectivity index (χ1) is 24.5. The molecule has 0 spiro atoms. The smallest absolute Gasteiger partial charge is 0.462 e. The Bertz CT molecular complexity index is 1060. The zero-order valence-electron chi connectivity index (χ0n) is 32.8. The fraction of sp³-hybridized carbons (Fsp3) is 0.707. The summed E-state index contributed by atoms with van der Waals surface area (Å²) >= 11 is 0. The molecule has 0 fully saturated rings. The van der Waals surface area contributed by atoms with Gasteiger partial charge >= 0.3 is 19.8 Å². The standard InChI is InChI=1S/C41H72NO8P/c1-6-8-10-12-14-16-18-20-21-22-24-26-28-30-32-34-41(44)50-39(38-49-51(45,46)48-36-35-42(3,4)5)37-47-40(43)33-31-29-27-25-23-19-17-15-13-11-9-7-2/h8,10,14-17,20-21,24,26,39H,6-7,9,11-13,18-19,22-23,25,27-38H2,1-5H3/p+1/b10-8-,16-14-,17-15-,21-20-,26-24-/t39-/m1/s1. The maximum Gasteiger partial charge on any atom is 0.472 e. The monoisotopic (exact) mass is 739 g/mol. The summed E-state index contributed by atoms with van der Waals surface area (Å²) in [5, 5.41) is 0. The number of carbonyl (C=O) groups is 2. The van der Waals surface area contributed by atoms with Gasteiger partial charge in [0, 0.05) is 12.8 Å². The molecule has 2 atom stereocenters. The molecule has 0 aliphatic rings. The van der Waals surface area contributed by atoms with Gasteiger partial charge in [0.15, 0.2) is 6.10 Å². The van der Waals surface area contributed by atoms with E-state index in [1.54, 1.807) is 0 Å². The lowest BCUT2D eigenvalue weighted by atomic mass is 10.1. The van der Waals surface area contributed by atoms with Gasteiger partial charge in [-0.1, -0.05) is 107 Å². The molecule has 0 aromatic carbocycles. The molecule has 294 valence electrons. The van der Waals surface area contributed by atoms with Crippen LogP contribution in [0, 0.1) is 0 Å². The lowest BCUT2D eigenvalue weighted by Crippen LogP contribution is -2.37. The Labute approximate surface area is 311 Å². The topological polar surface area (TPSA) is 108 Å². The third-order valence-corrected chi connectivity index (χ3v) is 8.77. The summed E-state index contributed by atoms with van der Waals surface area (Å²) in [4.78, 5) is 35.2. The number of unbranched alkanes of at least 4 members (excludes halogenated alkanes) is 10. The van der Waals surface area contributed by atoms with Gasteiger partial charge in [0.05, 0.1) is 27.7 Å². The highest BCUT2D eigenvalue weighted by atomic mass is 31.2. The summed E-state index contributed by atoms with van der Waals surface area (Å²) in [5.74, 6) is -0.866. The van der Waals surface area contributed by atoms with Gasteiger partial charge in [0.2, 0.25) is 0 Å². The lowest BCUT2D eigenvalue weighted by molar-refractivity contribution is -0.870. The maximum absolute atomic E-state index is 12.6. The van der Waals surface area contributed by atoms with Crippen molar-refractivity contribution in [1.82, 2.24) is 0 Å². The summed E-state index contributed by atoms with van der Waals surface area (Å²) < 4.78 is 34.1. The van der Waals surface area contributed by atoms with Crippen LogP contribution in [0.5, 0.6) is 0 Å². The van der Waals surface area contributed by atoms with E-state index in [-0.39, 0.29) is 26.1 Å². The molecule has 1 unspecified atom stereocenters. The molecule has 0 aliphatic carbocycles. The number of quaternary nitrogens is 1. The minimum Gasteiger partial charge on any atom is -0.462 e. The van der Waals surface area contributed by atoms with E-state index in [1.165, 1.54) is 25.7 Å². The van der Waals surface area contributed by atoms with Crippen LogP contribution >= 0.6 is 7.82 Å². The number of nitrogens with zero attached hydrogens (tertiary/aromatic N) is 1. The molecule has 0 saturated heterocycles. The molecule has 9 nitrogen and oxygen atoms in total. The fourth-order valence-corrected chi connectivity index (χ4v) is 5.44. The van der Waals surface area contributed by atoms with E-state index in [0.717, 1.165) is 77.0 Å². The number of ether oxygens (including phenoxy) is 2. The third-order valence-electron chi connectivity index (χ3n) is 7.78. The maximum atomic E-state index is 12.6. The minimum atomic E-state index is -4.38. The summed E-state index contributed by atoms with van der Waals surface area (Å²) in [5.41, 5.74) is 0. The van der Waals surface area contributed by atoms with Gasteiger partial charge in [-0.15, -0.1) is 0 Å². The van der Waals surface area contributed by atoms with E-state index in [9.17, 15) is 19.0 Å². The molecule has 0 rings (SSSR count). The molecule has 51 heavy (non-hydrogen) atoms. The molecule has 0 bridgehead atoms. The van der Waals surface area contributed by atoms with E-state index in [1.807, 2.05) is 21.1 Å². The van der Waals surface area contributed by atoms with Crippen molar-refractivity contribution in [3.05, 3.63) is 60.8 Å². The number of likely N-dealkylation sites (N-methyl/N-ethyl adjacent to an activating group) is 1. The number of allylic oxidation sites excluding steroid dienone is 10. The van der Waals surface area contributed by atoms with Crippen LogP contribution in [0.3, 0.4) is 0 Å². The van der Waals surface area contributed by atoms with Crippen molar-refractivity contribution < 1.29 is 42.1 Å². The summed E-state index contributed by atoms with van der Waals surface area (Å²) in [6.45, 7) is 4.19. The first-order valence-electron chi connectivity index (χ1n) is 19.5. The van der Waals surface area contributed by atoms with Crippen LogP contribution in [0.15, 0.2) is 60.8 Å². The van der Waals surface area contributed by atoms with Crippen molar-refractivity contribution in [2.24, 2.45) is 0 Å². The van der Waals surface area contributed by atoms with Crippen LogP contribution in [0.25, 0.3) is 0 Å². The number of phosphoric ester groups is 1. The average Bonchev–Trinajstić information content (AvgIpc) is 3.07. The first kappa shape index (κ1) is 48.7. The minimum absolute atomic E-state index is 0.0196. The number of hydrogen-bond donors (Lipinski definition) is 1. The number of carbonyl (C=O) groups excluding carboxylic acids is 2. The molecular weight excluding hydrogens is 665 g/mol. The normalized spacial score (nSPS) is 14.4. The average molecular weight is 739 g/mol. The van der Waals surface area contributed by atoms with Crippen molar-refractivity contribution in [1.29, 1.82) is 0 Å². The number of phosphoric acid groups is 1. The second-order valence-corrected chi connectivity index (χ2v) is 15.4. The van der Waals surface area contributed by atoms with Crippen LogP contribution in [0.1, 0.15) is 136 Å². The second-order valence-electron chi connectivity index (χ2n) is 13.9. The molecule has 0 aromatic rings. The van der Waals surface area contributed by atoms with E-state index in [4.69, 9.17) is 18.5 Å². The lowest BCUT2D eigenvalue weighted by Gasteiger charge is -2.24. The predicted molar refractivity (Wildman–Crippen MR) is 210 cm³/mol. The zero-order chi connectivity index (χ0) is 37.9. The number of esters is 2. The third kappa shape index (κ3) is 37.3. The summed E-state index contributed by atoms with van der Waals surface area (Å²) in [6, 6.07) is 0. The van der Waals surface area contributed by atoms with Crippen LogP contribution in [-0.4, -0.2) is 74.9 Å². The zero-order valence-corrected chi connectivity index (χ0v) is 33.7. The number of hydrogen-bond acceptors (Lipinski definition) is 7. The van der Waals surface area contributed by atoms with Gasteiger partial charge in [-0.05, 0) is 77.0 Å². The molecule has 0 amide bonds. The molecule has 10 heteroatoms. The Kier molecular flexibility index (Phi) is 32.0. The van der Waals surface area contributed by atoms with Crippen LogP contribution in [0.4, 0.5) is 0 Å². The highest BCUT2D eigenvalue weighted by Crippen LogP contribution is 2.43. The number of rotatable bonds is 34. The summed E-state index contributed by atoms with van der Waals surface area (Å²) in [6.07, 6.45) is 38.4. The van der Waals surface area contributed by atoms with Gasteiger partial charge in [0.25, 0.3) is 0 Å². The van der Waals surface area contributed by atoms with E-state index in [2.05, 4.69) is 74.6 Å². The van der Waals surface area contributed by atoms with Crippen molar-refractivity contribution in [3.63, 3.8) is 0 Å². The van der Waals surface area contributed by atoms with Crippen molar-refractivity contribution >= 4 is 19.8 Å². The molecular formula is C41H73NO8P+. The highest BCUT2D eigenvalue weighted by molar-refractivity contribution is 7.47. The van der Waals surface area contributed by atoms with Crippen LogP contribution in [-0.2, 0) is 32.7 Å². The molecule has 0 aliphatic heterocycles. The Hall–Kier alpha value is -2.29. The van der Waals surface area contributed by atoms with Crippen molar-refractivity contribution in [2.75, 3.05) is 47.5 Å². The van der Waals surface area contributed by atoms with Crippen molar-refractivity contribution in [3.8, 4) is 0 Å². The van der Waals surface area contributed by atoms with E-state index >= 15 is 0 Å². The van der Waals surface area contributed by atoms with Gasteiger partial charge in [-0.25, -0.2) is 4.57 Å². The van der Waals surface area contributed by atoms with E-state index < -0.39 is 32.5 Å². The van der Waals surface area contributed by atoms with Gasteiger partial charge in [-0.3, -0.25) is 18.6 Å². The van der Waals surface area contributed by atoms with E-state index in [0.29, 0.717) is 17.4 Å². The first-order valence-corrected chi connectivity index (χ1v) is 21.0. The fourth-order valence-electron chi connectivity index (χ4n) is 4.70. The Morgan fingerprint density at radius 1 is 0.627 bits per heavy atom. The summed E-state index contributed by atoms with van der Waals surface area (Å²) in [7, 11) is 1.43. The molecule has 0 heterocycles. The predicted octanol–water partition coefficient (Wildman–Crippen LogP) is 10.5. The molecule has 1 N–H and O–H groups in total. The quantitative estimate of drug-likeness (QED) is 0.0229.